The first-order valence-electron chi connectivity index (χ1n) is 7.95. The molecule has 0 spiro atoms. The van der Waals surface area contributed by atoms with Gasteiger partial charge in [0.2, 0.25) is 5.91 Å². The van der Waals surface area contributed by atoms with Crippen molar-refractivity contribution < 1.29 is 19.1 Å². The summed E-state index contributed by atoms with van der Waals surface area (Å²) < 4.78 is 4.73. The Hall–Kier alpha value is -2.37. The molecule has 1 unspecified atom stereocenters. The zero-order chi connectivity index (χ0) is 16.2. The third kappa shape index (κ3) is 3.52. The summed E-state index contributed by atoms with van der Waals surface area (Å²) in [6.07, 6.45) is 2.21. The maximum atomic E-state index is 12.3. The van der Waals surface area contributed by atoms with Gasteiger partial charge in [-0.3, -0.25) is 9.59 Å². The highest BCUT2D eigenvalue weighted by Crippen LogP contribution is 2.21. The van der Waals surface area contributed by atoms with E-state index < -0.39 is 6.09 Å². The highest BCUT2D eigenvalue weighted by molar-refractivity contribution is 5.98. The summed E-state index contributed by atoms with van der Waals surface area (Å²) in [6.45, 7) is 0.831. The zero-order valence-corrected chi connectivity index (χ0v) is 12.9. The molecule has 2 fully saturated rings. The van der Waals surface area contributed by atoms with Crippen LogP contribution in [0.4, 0.5) is 4.79 Å². The second-order valence-electron chi connectivity index (χ2n) is 5.94. The summed E-state index contributed by atoms with van der Waals surface area (Å²) in [5.41, 5.74) is 1.23. The summed E-state index contributed by atoms with van der Waals surface area (Å²) in [5.74, 6) is -0.221. The third-order valence-corrected chi connectivity index (χ3v) is 4.36. The van der Waals surface area contributed by atoms with E-state index in [2.05, 4.69) is 12.1 Å². The highest BCUT2D eigenvalue weighted by atomic mass is 16.6. The van der Waals surface area contributed by atoms with Crippen molar-refractivity contribution >= 4 is 17.9 Å². The Labute approximate surface area is 135 Å². The number of hydrogen-bond donors (Lipinski definition) is 0. The molecule has 23 heavy (non-hydrogen) atoms. The van der Waals surface area contributed by atoms with Crippen LogP contribution in [0.3, 0.4) is 0 Å². The van der Waals surface area contributed by atoms with Crippen LogP contribution in [0.1, 0.15) is 24.8 Å². The van der Waals surface area contributed by atoms with Crippen LogP contribution in [-0.4, -0.2) is 53.4 Å². The van der Waals surface area contributed by atoms with E-state index in [1.54, 1.807) is 4.90 Å². The van der Waals surface area contributed by atoms with Crippen LogP contribution < -0.4 is 0 Å². The number of nitrogens with zero attached hydrogens (tertiary/aromatic N) is 2. The Morgan fingerprint density at radius 2 is 2.00 bits per heavy atom. The van der Waals surface area contributed by atoms with E-state index in [0.29, 0.717) is 25.9 Å². The molecule has 0 bridgehead atoms. The molecule has 0 radical (unpaired) electrons. The summed E-state index contributed by atoms with van der Waals surface area (Å²) >= 11 is 0. The SMILES string of the molecule is O=C(CCCc1ccccc1)N1CCC(N2C(=O)COC2=O)C1. The average Bonchev–Trinajstić information content (AvgIpc) is 3.15. The molecule has 0 aliphatic carbocycles. The van der Waals surface area contributed by atoms with E-state index >= 15 is 0 Å². The standard InChI is InChI=1S/C17H20N2O4/c20-15(8-4-7-13-5-2-1-3-6-13)18-10-9-14(11-18)19-16(21)12-23-17(19)22/h1-3,5-6,14H,4,7-12H2. The molecule has 2 aliphatic rings. The molecule has 0 aromatic heterocycles. The minimum atomic E-state index is -0.585. The lowest BCUT2D eigenvalue weighted by Crippen LogP contribution is -2.42. The summed E-state index contributed by atoms with van der Waals surface area (Å²) in [7, 11) is 0. The Morgan fingerprint density at radius 1 is 1.22 bits per heavy atom. The number of imide groups is 1. The van der Waals surface area contributed by atoms with E-state index in [1.165, 1.54) is 5.56 Å². The first-order valence-corrected chi connectivity index (χ1v) is 7.95. The summed E-state index contributed by atoms with van der Waals surface area (Å²) in [5, 5.41) is 0. The molecular weight excluding hydrogens is 296 g/mol. The minimum Gasteiger partial charge on any atom is -0.439 e. The molecule has 1 aromatic carbocycles. The molecule has 1 atom stereocenters. The quantitative estimate of drug-likeness (QED) is 0.827. The number of cyclic esters (lactones) is 1. The third-order valence-electron chi connectivity index (χ3n) is 4.36. The number of carbonyl (C=O) groups is 3. The lowest BCUT2D eigenvalue weighted by Gasteiger charge is -2.20. The summed E-state index contributed by atoms with van der Waals surface area (Å²) in [4.78, 5) is 38.4. The van der Waals surface area contributed by atoms with Gasteiger partial charge in [-0.2, -0.15) is 0 Å². The van der Waals surface area contributed by atoms with Crippen molar-refractivity contribution in [2.75, 3.05) is 19.7 Å². The van der Waals surface area contributed by atoms with Crippen LogP contribution in [-0.2, 0) is 20.7 Å². The topological polar surface area (TPSA) is 66.9 Å². The van der Waals surface area contributed by atoms with Crippen molar-refractivity contribution in [3.63, 3.8) is 0 Å². The first kappa shape index (κ1) is 15.5. The van der Waals surface area contributed by atoms with E-state index in [0.717, 1.165) is 17.7 Å². The fourth-order valence-corrected chi connectivity index (χ4v) is 3.14. The van der Waals surface area contributed by atoms with Crippen LogP contribution in [0, 0.1) is 0 Å². The maximum absolute atomic E-state index is 12.3. The van der Waals surface area contributed by atoms with E-state index in [-0.39, 0.29) is 24.5 Å². The largest absolute Gasteiger partial charge is 0.439 e. The van der Waals surface area contributed by atoms with Crippen molar-refractivity contribution in [1.82, 2.24) is 9.80 Å². The lowest BCUT2D eigenvalue weighted by atomic mass is 10.1. The van der Waals surface area contributed by atoms with Crippen LogP contribution in [0.2, 0.25) is 0 Å². The van der Waals surface area contributed by atoms with Crippen LogP contribution in [0.15, 0.2) is 30.3 Å². The lowest BCUT2D eigenvalue weighted by molar-refractivity contribution is -0.131. The Balaban J connectivity index is 1.46. The first-order chi connectivity index (χ1) is 11.1. The Bertz CT molecular complexity index is 586. The number of rotatable bonds is 5. The van der Waals surface area contributed by atoms with Crippen molar-refractivity contribution in [1.29, 1.82) is 0 Å². The van der Waals surface area contributed by atoms with Gasteiger partial charge >= 0.3 is 6.09 Å². The van der Waals surface area contributed by atoms with Gasteiger partial charge in [0.15, 0.2) is 6.61 Å². The summed E-state index contributed by atoms with van der Waals surface area (Å²) in [6, 6.07) is 9.84. The Kier molecular flexibility index (Phi) is 4.60. The van der Waals surface area contributed by atoms with Crippen LogP contribution in [0.5, 0.6) is 0 Å². The number of hydrogen-bond acceptors (Lipinski definition) is 4. The molecule has 0 N–H and O–H groups in total. The van der Waals surface area contributed by atoms with Gasteiger partial charge in [-0.1, -0.05) is 30.3 Å². The second kappa shape index (κ2) is 6.81. The van der Waals surface area contributed by atoms with Gasteiger partial charge in [0.25, 0.3) is 5.91 Å². The molecule has 122 valence electrons. The second-order valence-corrected chi connectivity index (χ2v) is 5.94. The van der Waals surface area contributed by atoms with Crippen molar-refractivity contribution in [2.45, 2.75) is 31.7 Å². The number of likely N-dealkylation sites (tertiary alicyclic amines) is 1. The number of aryl methyl sites for hydroxylation is 1. The van der Waals surface area contributed by atoms with Gasteiger partial charge in [0.1, 0.15) is 0 Å². The van der Waals surface area contributed by atoms with Crippen LogP contribution >= 0.6 is 0 Å². The molecule has 2 aliphatic heterocycles. The molecule has 3 amide bonds. The van der Waals surface area contributed by atoms with Gasteiger partial charge in [0, 0.05) is 19.5 Å². The monoisotopic (exact) mass is 316 g/mol. The molecule has 3 rings (SSSR count). The molecule has 6 heteroatoms. The van der Waals surface area contributed by atoms with Crippen molar-refractivity contribution in [2.24, 2.45) is 0 Å². The maximum Gasteiger partial charge on any atom is 0.417 e. The number of ether oxygens (including phenoxy) is 1. The smallest absolute Gasteiger partial charge is 0.417 e. The molecular formula is C17H20N2O4. The van der Waals surface area contributed by atoms with Crippen molar-refractivity contribution in [3.8, 4) is 0 Å². The fourth-order valence-electron chi connectivity index (χ4n) is 3.14. The Morgan fingerprint density at radius 3 is 2.70 bits per heavy atom. The number of carbonyl (C=O) groups excluding carboxylic acids is 3. The van der Waals surface area contributed by atoms with E-state index in [1.807, 2.05) is 18.2 Å². The normalized spacial score (nSPS) is 21.0. The van der Waals surface area contributed by atoms with Gasteiger partial charge in [-0.25, -0.2) is 9.69 Å². The predicted molar refractivity (Wildman–Crippen MR) is 82.6 cm³/mol. The van der Waals surface area contributed by atoms with Gasteiger partial charge in [0.05, 0.1) is 6.04 Å². The zero-order valence-electron chi connectivity index (χ0n) is 12.9. The highest BCUT2D eigenvalue weighted by Gasteiger charge is 2.40. The van der Waals surface area contributed by atoms with Gasteiger partial charge < -0.3 is 9.64 Å². The number of benzene rings is 1. The van der Waals surface area contributed by atoms with Crippen molar-refractivity contribution in [3.05, 3.63) is 35.9 Å². The molecule has 2 saturated heterocycles. The van der Waals surface area contributed by atoms with E-state index in [4.69, 9.17) is 4.74 Å². The predicted octanol–water partition coefficient (Wildman–Crippen LogP) is 1.59. The number of amides is 3. The van der Waals surface area contributed by atoms with Gasteiger partial charge in [-0.15, -0.1) is 0 Å². The molecule has 6 nitrogen and oxygen atoms in total. The fraction of sp³-hybridized carbons (Fsp3) is 0.471. The minimum absolute atomic E-state index is 0.0865. The van der Waals surface area contributed by atoms with Crippen LogP contribution in [0.25, 0.3) is 0 Å². The average molecular weight is 316 g/mol. The molecule has 1 aromatic rings. The molecule has 2 heterocycles. The molecule has 0 saturated carbocycles. The van der Waals surface area contributed by atoms with Gasteiger partial charge in [-0.05, 0) is 24.8 Å². The van der Waals surface area contributed by atoms with E-state index in [9.17, 15) is 14.4 Å².